The highest BCUT2D eigenvalue weighted by Crippen LogP contribution is 2.39. The molecule has 0 bridgehead atoms. The van der Waals surface area contributed by atoms with E-state index >= 15 is 0 Å². The lowest BCUT2D eigenvalue weighted by molar-refractivity contribution is -0.149. The summed E-state index contributed by atoms with van der Waals surface area (Å²) in [5.41, 5.74) is 0.519. The fourth-order valence-corrected chi connectivity index (χ4v) is 2.75. The van der Waals surface area contributed by atoms with Crippen LogP contribution in [0.2, 0.25) is 0 Å². The Morgan fingerprint density at radius 3 is 2.46 bits per heavy atom. The van der Waals surface area contributed by atoms with E-state index < -0.39 is 18.2 Å². The summed E-state index contributed by atoms with van der Waals surface area (Å²) >= 11 is 0. The van der Waals surface area contributed by atoms with E-state index in [1.165, 1.54) is 38.4 Å². The molecule has 7 heteroatoms. The van der Waals surface area contributed by atoms with Gasteiger partial charge in [-0.05, 0) is 25.0 Å². The number of amides is 1. The van der Waals surface area contributed by atoms with Crippen molar-refractivity contribution in [2.45, 2.75) is 32.0 Å². The Labute approximate surface area is 140 Å². The second-order valence-electron chi connectivity index (χ2n) is 5.50. The summed E-state index contributed by atoms with van der Waals surface area (Å²) in [5, 5.41) is 0. The maximum atomic E-state index is 14.3. The zero-order valence-corrected chi connectivity index (χ0v) is 14.3. The molecule has 0 aromatic heterocycles. The summed E-state index contributed by atoms with van der Waals surface area (Å²) in [5.74, 6) is -0.254. The summed E-state index contributed by atoms with van der Waals surface area (Å²) in [6, 6.07) is 2.37. The summed E-state index contributed by atoms with van der Waals surface area (Å²) in [6.45, 7) is 2.16. The minimum Gasteiger partial charge on any atom is -0.493 e. The van der Waals surface area contributed by atoms with Gasteiger partial charge >= 0.3 is 5.97 Å². The van der Waals surface area contributed by atoms with Crippen LogP contribution in [-0.2, 0) is 9.53 Å². The van der Waals surface area contributed by atoms with Gasteiger partial charge in [0.05, 0.1) is 21.3 Å². The zero-order chi connectivity index (χ0) is 17.9. The van der Waals surface area contributed by atoms with Crippen LogP contribution in [0.3, 0.4) is 0 Å². The Hall–Kier alpha value is -2.31. The molecule has 1 amide bonds. The van der Waals surface area contributed by atoms with Crippen LogP contribution in [0.5, 0.6) is 11.5 Å². The Balaban J connectivity index is 2.39. The van der Waals surface area contributed by atoms with Crippen molar-refractivity contribution in [2.24, 2.45) is 0 Å². The molecule has 2 rings (SSSR count). The Morgan fingerprint density at radius 2 is 2.00 bits per heavy atom. The number of halogens is 1. The van der Waals surface area contributed by atoms with E-state index in [0.717, 1.165) is 0 Å². The third-order valence-corrected chi connectivity index (χ3v) is 4.20. The molecule has 0 saturated carbocycles. The fraction of sp³-hybridized carbons (Fsp3) is 0.529. The van der Waals surface area contributed by atoms with Gasteiger partial charge in [-0.15, -0.1) is 0 Å². The predicted octanol–water partition coefficient (Wildman–Crippen LogP) is 2.51. The lowest BCUT2D eigenvalue weighted by Crippen LogP contribution is -2.55. The molecule has 0 radical (unpaired) electrons. The largest absolute Gasteiger partial charge is 0.493 e. The van der Waals surface area contributed by atoms with Crippen LogP contribution in [0.25, 0.3) is 0 Å². The summed E-state index contributed by atoms with van der Waals surface area (Å²) in [6.07, 6.45) is -0.486. The molecule has 1 fully saturated rings. The minimum atomic E-state index is -1.28. The molecule has 0 aliphatic carbocycles. The average molecular weight is 339 g/mol. The van der Waals surface area contributed by atoms with Crippen LogP contribution in [0.4, 0.5) is 4.39 Å². The monoisotopic (exact) mass is 339 g/mol. The van der Waals surface area contributed by atoms with E-state index in [1.807, 2.05) is 0 Å². The van der Waals surface area contributed by atoms with Crippen LogP contribution >= 0.6 is 0 Å². The van der Waals surface area contributed by atoms with E-state index in [2.05, 4.69) is 0 Å². The number of methoxy groups -OCH3 is 3. The number of hydrogen-bond donors (Lipinski definition) is 0. The quantitative estimate of drug-likeness (QED) is 0.745. The van der Waals surface area contributed by atoms with E-state index in [0.29, 0.717) is 13.0 Å². The molecule has 1 aliphatic heterocycles. The van der Waals surface area contributed by atoms with Gasteiger partial charge in [0.1, 0.15) is 12.2 Å². The molecule has 1 aliphatic rings. The van der Waals surface area contributed by atoms with Crippen molar-refractivity contribution in [1.29, 1.82) is 0 Å². The molecule has 6 nitrogen and oxygen atoms in total. The lowest BCUT2D eigenvalue weighted by atomic mass is 9.98. The molecule has 0 spiro atoms. The van der Waals surface area contributed by atoms with Crippen LogP contribution in [0, 0.1) is 0 Å². The smallest absolute Gasteiger partial charge is 0.328 e. The van der Waals surface area contributed by atoms with E-state index in [4.69, 9.17) is 14.2 Å². The maximum Gasteiger partial charge on any atom is 0.328 e. The fourth-order valence-electron chi connectivity index (χ4n) is 2.75. The minimum absolute atomic E-state index is 0.242. The number of esters is 1. The van der Waals surface area contributed by atoms with Crippen LogP contribution in [0.1, 0.15) is 41.9 Å². The Bertz CT molecular complexity index is 634. The highest BCUT2D eigenvalue weighted by atomic mass is 19.1. The zero-order valence-electron chi connectivity index (χ0n) is 14.3. The van der Waals surface area contributed by atoms with Crippen molar-refractivity contribution >= 4 is 11.9 Å². The summed E-state index contributed by atoms with van der Waals surface area (Å²) in [4.78, 5) is 25.8. The van der Waals surface area contributed by atoms with E-state index in [-0.39, 0.29) is 35.0 Å². The Kier molecular flexibility index (Phi) is 5.64. The first-order valence-corrected chi connectivity index (χ1v) is 7.77. The molecule has 1 saturated heterocycles. The van der Waals surface area contributed by atoms with Gasteiger partial charge in [0, 0.05) is 17.7 Å². The van der Waals surface area contributed by atoms with Crippen molar-refractivity contribution in [3.63, 3.8) is 0 Å². The molecule has 132 valence electrons. The number of carbonyl (C=O) groups excluding carboxylic acids is 2. The number of hydrogen-bond acceptors (Lipinski definition) is 5. The molecule has 24 heavy (non-hydrogen) atoms. The first kappa shape index (κ1) is 18.0. The third-order valence-electron chi connectivity index (χ3n) is 4.20. The van der Waals surface area contributed by atoms with Crippen LogP contribution < -0.4 is 9.47 Å². The molecule has 1 aromatic carbocycles. The van der Waals surface area contributed by atoms with Gasteiger partial charge in [0.15, 0.2) is 11.5 Å². The number of carbonyl (C=O) groups is 2. The van der Waals surface area contributed by atoms with Crippen molar-refractivity contribution in [3.8, 4) is 11.5 Å². The number of alkyl halides is 1. The summed E-state index contributed by atoms with van der Waals surface area (Å²) in [7, 11) is 4.14. The van der Waals surface area contributed by atoms with Crippen molar-refractivity contribution in [2.75, 3.05) is 27.9 Å². The SMILES string of the molecule is CCC(F)c1cc(C(=O)N2CCC2C(=O)OC)cc(OC)c1OC. The van der Waals surface area contributed by atoms with Gasteiger partial charge < -0.3 is 19.1 Å². The first-order chi connectivity index (χ1) is 11.5. The highest BCUT2D eigenvalue weighted by Gasteiger charge is 2.39. The van der Waals surface area contributed by atoms with E-state index in [1.54, 1.807) is 6.92 Å². The van der Waals surface area contributed by atoms with Gasteiger partial charge in [-0.3, -0.25) is 4.79 Å². The molecule has 2 unspecified atom stereocenters. The maximum absolute atomic E-state index is 14.3. The normalized spacial score (nSPS) is 17.7. The molecule has 0 N–H and O–H groups in total. The van der Waals surface area contributed by atoms with Crippen molar-refractivity contribution in [3.05, 3.63) is 23.3 Å². The molecular weight excluding hydrogens is 317 g/mol. The number of ether oxygens (including phenoxy) is 3. The van der Waals surface area contributed by atoms with Crippen LogP contribution in [0.15, 0.2) is 12.1 Å². The van der Waals surface area contributed by atoms with E-state index in [9.17, 15) is 14.0 Å². The highest BCUT2D eigenvalue weighted by molar-refractivity contribution is 5.98. The predicted molar refractivity (Wildman–Crippen MR) is 85.1 cm³/mol. The molecule has 2 atom stereocenters. The van der Waals surface area contributed by atoms with Gasteiger partial charge in [-0.1, -0.05) is 6.92 Å². The third kappa shape index (κ3) is 3.16. The van der Waals surface area contributed by atoms with Gasteiger partial charge in [0.25, 0.3) is 5.91 Å². The molecular formula is C17H22FNO5. The van der Waals surface area contributed by atoms with Crippen LogP contribution in [-0.4, -0.2) is 50.7 Å². The number of nitrogens with zero attached hydrogens (tertiary/aromatic N) is 1. The number of likely N-dealkylation sites (tertiary alicyclic amines) is 1. The standard InChI is InChI=1S/C17H22FNO5/c1-5-12(18)11-8-10(9-14(22-2)15(11)23-3)16(20)19-7-6-13(19)17(21)24-4/h8-9,12-13H,5-7H2,1-4H3. The number of benzene rings is 1. The molecule has 1 heterocycles. The van der Waals surface area contributed by atoms with Crippen molar-refractivity contribution in [1.82, 2.24) is 4.90 Å². The lowest BCUT2D eigenvalue weighted by Gasteiger charge is -2.38. The molecule has 1 aromatic rings. The second kappa shape index (κ2) is 7.51. The van der Waals surface area contributed by atoms with Gasteiger partial charge in [-0.2, -0.15) is 0 Å². The van der Waals surface area contributed by atoms with Crippen molar-refractivity contribution < 1.29 is 28.2 Å². The average Bonchev–Trinajstić information content (AvgIpc) is 2.58. The topological polar surface area (TPSA) is 65.1 Å². The first-order valence-electron chi connectivity index (χ1n) is 7.77. The van der Waals surface area contributed by atoms with Gasteiger partial charge in [-0.25, -0.2) is 9.18 Å². The number of rotatable bonds is 6. The second-order valence-corrected chi connectivity index (χ2v) is 5.50. The summed E-state index contributed by atoms with van der Waals surface area (Å²) < 4.78 is 29.5. The van der Waals surface area contributed by atoms with Gasteiger partial charge in [0.2, 0.25) is 0 Å². The Morgan fingerprint density at radius 1 is 1.29 bits per heavy atom.